The molecule has 2 nitrogen and oxygen atoms in total. The van der Waals surface area contributed by atoms with Gasteiger partial charge in [0.15, 0.2) is 5.78 Å². The largest absolute Gasteiger partial charge is 0.327 e. The van der Waals surface area contributed by atoms with Crippen LogP contribution in [0.4, 0.5) is 0 Å². The minimum Gasteiger partial charge on any atom is -0.327 e. The van der Waals surface area contributed by atoms with Crippen molar-refractivity contribution in [1.29, 1.82) is 0 Å². The summed E-state index contributed by atoms with van der Waals surface area (Å²) in [5.41, 5.74) is 6.83. The highest BCUT2D eigenvalue weighted by Gasteiger charge is 2.24. The van der Waals surface area contributed by atoms with Crippen molar-refractivity contribution in [3.05, 3.63) is 48.0 Å². The number of nitrogens with two attached hydrogens (primary N) is 1. The molecule has 0 saturated carbocycles. The van der Waals surface area contributed by atoms with Crippen molar-refractivity contribution >= 4 is 16.6 Å². The van der Waals surface area contributed by atoms with Crippen LogP contribution in [0.1, 0.15) is 37.6 Å². The van der Waals surface area contributed by atoms with E-state index in [0.29, 0.717) is 6.42 Å². The van der Waals surface area contributed by atoms with E-state index in [9.17, 15) is 4.79 Å². The summed E-state index contributed by atoms with van der Waals surface area (Å²) in [5, 5.41) is 2.11. The first-order valence-electron chi connectivity index (χ1n) is 6.66. The van der Waals surface area contributed by atoms with Crippen molar-refractivity contribution in [3.63, 3.8) is 0 Å². The van der Waals surface area contributed by atoms with E-state index in [-0.39, 0.29) is 17.2 Å². The van der Waals surface area contributed by atoms with Crippen LogP contribution in [-0.4, -0.2) is 11.8 Å². The van der Waals surface area contributed by atoms with Gasteiger partial charge in [0, 0.05) is 18.0 Å². The van der Waals surface area contributed by atoms with E-state index >= 15 is 0 Å². The number of hydrogen-bond acceptors (Lipinski definition) is 2. The third-order valence-electron chi connectivity index (χ3n) is 3.61. The molecule has 0 saturated heterocycles. The van der Waals surface area contributed by atoms with Crippen LogP contribution in [0.5, 0.6) is 0 Å². The lowest BCUT2D eigenvalue weighted by molar-refractivity contribution is 0.0955. The zero-order valence-electron chi connectivity index (χ0n) is 11.8. The molecule has 0 fully saturated rings. The number of carbonyl (C=O) groups is 1. The van der Waals surface area contributed by atoms with Crippen molar-refractivity contribution in [2.24, 2.45) is 11.1 Å². The Hall–Kier alpha value is -1.67. The second-order valence-corrected chi connectivity index (χ2v) is 6.13. The van der Waals surface area contributed by atoms with E-state index in [1.807, 2.05) is 42.5 Å². The van der Waals surface area contributed by atoms with Crippen LogP contribution in [-0.2, 0) is 0 Å². The molecular weight excluding hydrogens is 234 g/mol. The number of benzene rings is 2. The number of hydrogen-bond donors (Lipinski definition) is 1. The van der Waals surface area contributed by atoms with E-state index in [0.717, 1.165) is 16.3 Å². The molecule has 2 rings (SSSR count). The number of rotatable bonds is 3. The number of fused-ring (bicyclic) bond motifs is 1. The third kappa shape index (κ3) is 3.02. The lowest BCUT2D eigenvalue weighted by Gasteiger charge is -2.26. The van der Waals surface area contributed by atoms with E-state index < -0.39 is 0 Å². The summed E-state index contributed by atoms with van der Waals surface area (Å²) in [6.45, 7) is 6.19. The molecule has 2 heteroatoms. The zero-order chi connectivity index (χ0) is 14.0. The predicted molar refractivity (Wildman–Crippen MR) is 80.3 cm³/mol. The maximum atomic E-state index is 12.4. The Bertz CT molecular complexity index is 590. The van der Waals surface area contributed by atoms with Gasteiger partial charge in [-0.25, -0.2) is 0 Å². The van der Waals surface area contributed by atoms with Gasteiger partial charge in [0.25, 0.3) is 0 Å². The summed E-state index contributed by atoms with van der Waals surface area (Å²) in [6, 6.07) is 13.7. The molecule has 0 heterocycles. The molecule has 0 amide bonds. The maximum Gasteiger partial charge on any atom is 0.165 e. The van der Waals surface area contributed by atoms with Gasteiger partial charge in [-0.2, -0.15) is 0 Å². The Morgan fingerprint density at radius 1 is 1.11 bits per heavy atom. The fourth-order valence-corrected chi connectivity index (χ4v) is 2.08. The van der Waals surface area contributed by atoms with Crippen molar-refractivity contribution < 1.29 is 4.79 Å². The monoisotopic (exact) mass is 255 g/mol. The standard InChI is InChI=1S/C17H21NO/c1-17(2,3)16(18)11-15(19)14-10-6-8-12-7-4-5-9-13(12)14/h4-10,16H,11,18H2,1-3H3. The van der Waals surface area contributed by atoms with Crippen LogP contribution in [0.25, 0.3) is 10.8 Å². The lowest BCUT2D eigenvalue weighted by Crippen LogP contribution is -2.37. The molecule has 0 aliphatic rings. The Balaban J connectivity index is 2.32. The third-order valence-corrected chi connectivity index (χ3v) is 3.61. The minimum absolute atomic E-state index is 0.0553. The summed E-state index contributed by atoms with van der Waals surface area (Å²) in [7, 11) is 0. The number of ketones is 1. The zero-order valence-corrected chi connectivity index (χ0v) is 11.8. The van der Waals surface area contributed by atoms with Crippen LogP contribution in [0.3, 0.4) is 0 Å². The summed E-state index contributed by atoms with van der Waals surface area (Å²) in [5.74, 6) is 0.124. The first-order valence-corrected chi connectivity index (χ1v) is 6.66. The second-order valence-electron chi connectivity index (χ2n) is 6.13. The minimum atomic E-state index is -0.126. The molecule has 1 atom stereocenters. The average molecular weight is 255 g/mol. The highest BCUT2D eigenvalue weighted by molar-refractivity contribution is 6.08. The number of carbonyl (C=O) groups excluding carboxylic acids is 1. The molecule has 0 aliphatic heterocycles. The molecule has 2 N–H and O–H groups in total. The molecule has 0 spiro atoms. The molecule has 100 valence electrons. The molecule has 0 aromatic heterocycles. The normalized spacial score (nSPS) is 13.5. The van der Waals surface area contributed by atoms with Gasteiger partial charge in [-0.3, -0.25) is 4.79 Å². The summed E-state index contributed by atoms with van der Waals surface area (Å²) in [6.07, 6.45) is 0.386. The second kappa shape index (κ2) is 5.14. The van der Waals surface area contributed by atoms with E-state index in [2.05, 4.69) is 20.8 Å². The highest BCUT2D eigenvalue weighted by Crippen LogP contribution is 2.24. The molecule has 0 aliphatic carbocycles. The maximum absolute atomic E-state index is 12.4. The fourth-order valence-electron chi connectivity index (χ4n) is 2.08. The lowest BCUT2D eigenvalue weighted by atomic mass is 9.83. The van der Waals surface area contributed by atoms with Crippen molar-refractivity contribution in [3.8, 4) is 0 Å². The van der Waals surface area contributed by atoms with Gasteiger partial charge in [-0.05, 0) is 16.2 Å². The van der Waals surface area contributed by atoms with Gasteiger partial charge in [0.1, 0.15) is 0 Å². The van der Waals surface area contributed by atoms with Crippen LogP contribution in [0.2, 0.25) is 0 Å². The molecule has 0 radical (unpaired) electrons. The highest BCUT2D eigenvalue weighted by atomic mass is 16.1. The molecule has 2 aromatic carbocycles. The van der Waals surface area contributed by atoms with Gasteiger partial charge >= 0.3 is 0 Å². The molecule has 1 unspecified atom stereocenters. The van der Waals surface area contributed by atoms with Gasteiger partial charge in [-0.1, -0.05) is 63.2 Å². The average Bonchev–Trinajstić information content (AvgIpc) is 2.36. The summed E-state index contributed by atoms with van der Waals surface area (Å²) >= 11 is 0. The topological polar surface area (TPSA) is 43.1 Å². The first kappa shape index (κ1) is 13.8. The van der Waals surface area contributed by atoms with E-state index in [1.165, 1.54) is 0 Å². The van der Waals surface area contributed by atoms with Crippen LogP contribution in [0.15, 0.2) is 42.5 Å². The van der Waals surface area contributed by atoms with Crippen LogP contribution < -0.4 is 5.73 Å². The Morgan fingerprint density at radius 2 is 1.74 bits per heavy atom. The molecule has 0 bridgehead atoms. The van der Waals surface area contributed by atoms with Gasteiger partial charge in [-0.15, -0.1) is 0 Å². The van der Waals surface area contributed by atoms with Crippen molar-refractivity contribution in [1.82, 2.24) is 0 Å². The Labute approximate surface area is 114 Å². The Kier molecular flexibility index (Phi) is 3.72. The summed E-state index contributed by atoms with van der Waals surface area (Å²) < 4.78 is 0. The van der Waals surface area contributed by atoms with Crippen LogP contribution in [0, 0.1) is 5.41 Å². The van der Waals surface area contributed by atoms with Gasteiger partial charge in [0.2, 0.25) is 0 Å². The first-order chi connectivity index (χ1) is 8.89. The van der Waals surface area contributed by atoms with E-state index in [4.69, 9.17) is 5.73 Å². The smallest absolute Gasteiger partial charge is 0.165 e. The number of Topliss-reactive ketones (excluding diaryl/α,β-unsaturated/α-hetero) is 1. The Morgan fingerprint density at radius 3 is 2.42 bits per heavy atom. The fraction of sp³-hybridized carbons (Fsp3) is 0.353. The molecular formula is C17H21NO. The van der Waals surface area contributed by atoms with Crippen LogP contribution >= 0.6 is 0 Å². The predicted octanol–water partition coefficient (Wildman–Crippen LogP) is 3.79. The van der Waals surface area contributed by atoms with Gasteiger partial charge < -0.3 is 5.73 Å². The SMILES string of the molecule is CC(C)(C)C(N)CC(=O)c1cccc2ccccc12. The molecule has 2 aromatic rings. The van der Waals surface area contributed by atoms with Crippen molar-refractivity contribution in [2.45, 2.75) is 33.2 Å². The quantitative estimate of drug-likeness (QED) is 0.848. The van der Waals surface area contributed by atoms with E-state index in [1.54, 1.807) is 0 Å². The summed E-state index contributed by atoms with van der Waals surface area (Å²) in [4.78, 5) is 12.4. The van der Waals surface area contributed by atoms with Crippen molar-refractivity contribution in [2.75, 3.05) is 0 Å². The van der Waals surface area contributed by atoms with Gasteiger partial charge in [0.05, 0.1) is 0 Å². The molecule has 19 heavy (non-hydrogen) atoms.